The number of Topliss-reactive ketones (excluding diaryl/α,β-unsaturated/α-hetero) is 1. The predicted octanol–water partition coefficient (Wildman–Crippen LogP) is 4.35. The minimum absolute atomic E-state index is 0.0579. The van der Waals surface area contributed by atoms with Crippen LogP contribution >= 0.6 is 23.2 Å². The highest BCUT2D eigenvalue weighted by molar-refractivity contribution is 6.36. The molecule has 0 saturated carbocycles. The molecule has 1 heterocycles. The SMILES string of the molecule is O=C(c1cc(Cl)ccc1Cl)C1COc2ccccc21. The smallest absolute Gasteiger partial charge is 0.175 e. The zero-order valence-electron chi connectivity index (χ0n) is 9.90. The molecule has 0 N–H and O–H groups in total. The van der Waals surface area contributed by atoms with Gasteiger partial charge in [0.25, 0.3) is 0 Å². The fourth-order valence-corrected chi connectivity index (χ4v) is 2.64. The second-order valence-electron chi connectivity index (χ2n) is 4.39. The molecule has 0 aromatic heterocycles. The van der Waals surface area contributed by atoms with Crippen molar-refractivity contribution in [2.45, 2.75) is 5.92 Å². The lowest BCUT2D eigenvalue weighted by molar-refractivity contribution is 0.0947. The topological polar surface area (TPSA) is 26.3 Å². The molecule has 2 nitrogen and oxygen atoms in total. The van der Waals surface area contributed by atoms with Gasteiger partial charge < -0.3 is 4.74 Å². The molecular weight excluding hydrogens is 283 g/mol. The van der Waals surface area contributed by atoms with E-state index < -0.39 is 0 Å². The van der Waals surface area contributed by atoms with Gasteiger partial charge in [-0.25, -0.2) is 0 Å². The highest BCUT2D eigenvalue weighted by Crippen LogP contribution is 2.37. The molecule has 0 saturated heterocycles. The number of halogens is 2. The van der Waals surface area contributed by atoms with Crippen LogP contribution in [-0.2, 0) is 0 Å². The first kappa shape index (κ1) is 12.5. The number of benzene rings is 2. The minimum atomic E-state index is -0.313. The summed E-state index contributed by atoms with van der Waals surface area (Å²) in [5.74, 6) is 0.392. The Balaban J connectivity index is 2.00. The first-order valence-corrected chi connectivity index (χ1v) is 6.63. The van der Waals surface area contributed by atoms with Gasteiger partial charge in [0.1, 0.15) is 12.4 Å². The third-order valence-electron chi connectivity index (χ3n) is 3.21. The van der Waals surface area contributed by atoms with E-state index in [1.165, 1.54) is 0 Å². The van der Waals surface area contributed by atoms with Crippen molar-refractivity contribution in [3.8, 4) is 5.75 Å². The molecule has 19 heavy (non-hydrogen) atoms. The van der Waals surface area contributed by atoms with E-state index in [1.807, 2.05) is 24.3 Å². The van der Waals surface area contributed by atoms with Gasteiger partial charge >= 0.3 is 0 Å². The zero-order chi connectivity index (χ0) is 13.4. The standard InChI is InChI=1S/C15H10Cl2O2/c16-9-5-6-13(17)11(7-9)15(18)12-8-19-14-4-2-1-3-10(12)14/h1-7,12H,8H2. The lowest BCUT2D eigenvalue weighted by atomic mass is 9.92. The van der Waals surface area contributed by atoms with Crippen LogP contribution in [0.1, 0.15) is 21.8 Å². The van der Waals surface area contributed by atoms with E-state index in [2.05, 4.69) is 0 Å². The summed E-state index contributed by atoms with van der Waals surface area (Å²) in [6.45, 7) is 0.348. The number of carbonyl (C=O) groups is 1. The molecule has 0 aliphatic carbocycles. The monoisotopic (exact) mass is 292 g/mol. The summed E-state index contributed by atoms with van der Waals surface area (Å²) >= 11 is 12.0. The predicted molar refractivity (Wildman–Crippen MR) is 75.5 cm³/mol. The summed E-state index contributed by atoms with van der Waals surface area (Å²) in [5.41, 5.74) is 1.35. The van der Waals surface area contributed by atoms with Crippen LogP contribution in [0.4, 0.5) is 0 Å². The van der Waals surface area contributed by atoms with Crippen molar-refractivity contribution in [2.24, 2.45) is 0 Å². The Hall–Kier alpha value is -1.51. The molecule has 1 aliphatic heterocycles. The largest absolute Gasteiger partial charge is 0.492 e. The maximum Gasteiger partial charge on any atom is 0.175 e. The molecule has 0 radical (unpaired) electrons. The van der Waals surface area contributed by atoms with Crippen LogP contribution in [0, 0.1) is 0 Å². The number of ketones is 1. The fraction of sp³-hybridized carbons (Fsp3) is 0.133. The molecule has 4 heteroatoms. The van der Waals surface area contributed by atoms with Crippen molar-refractivity contribution in [2.75, 3.05) is 6.61 Å². The van der Waals surface area contributed by atoms with Gasteiger partial charge in [-0.15, -0.1) is 0 Å². The molecule has 3 rings (SSSR count). The van der Waals surface area contributed by atoms with E-state index in [-0.39, 0.29) is 11.7 Å². The molecule has 2 aromatic carbocycles. The van der Waals surface area contributed by atoms with Crippen LogP contribution < -0.4 is 4.74 Å². The molecule has 0 bridgehead atoms. The highest BCUT2D eigenvalue weighted by Gasteiger charge is 2.31. The van der Waals surface area contributed by atoms with Crippen molar-refractivity contribution in [1.29, 1.82) is 0 Å². The van der Waals surface area contributed by atoms with Crippen LogP contribution in [0.2, 0.25) is 10.0 Å². The molecular formula is C15H10Cl2O2. The van der Waals surface area contributed by atoms with E-state index in [1.54, 1.807) is 18.2 Å². The van der Waals surface area contributed by atoms with Gasteiger partial charge in [-0.05, 0) is 24.3 Å². The van der Waals surface area contributed by atoms with E-state index in [0.717, 1.165) is 11.3 Å². The average Bonchev–Trinajstić information content (AvgIpc) is 2.84. The quantitative estimate of drug-likeness (QED) is 0.769. The maximum absolute atomic E-state index is 12.6. The van der Waals surface area contributed by atoms with Crippen LogP contribution in [0.25, 0.3) is 0 Å². The van der Waals surface area contributed by atoms with Crippen LogP contribution in [0.15, 0.2) is 42.5 Å². The first-order valence-electron chi connectivity index (χ1n) is 5.88. The van der Waals surface area contributed by atoms with Crippen LogP contribution in [-0.4, -0.2) is 12.4 Å². The molecule has 96 valence electrons. The summed E-state index contributed by atoms with van der Waals surface area (Å²) in [5, 5.41) is 0.915. The van der Waals surface area contributed by atoms with Gasteiger partial charge in [0.15, 0.2) is 5.78 Å². The number of hydrogen-bond acceptors (Lipinski definition) is 2. The Labute approximate surface area is 120 Å². The Morgan fingerprint density at radius 1 is 1.16 bits per heavy atom. The molecule has 1 aliphatic rings. The zero-order valence-corrected chi connectivity index (χ0v) is 11.4. The lowest BCUT2D eigenvalue weighted by Crippen LogP contribution is -2.14. The molecule has 1 atom stereocenters. The number of rotatable bonds is 2. The van der Waals surface area contributed by atoms with Gasteiger partial charge in [-0.1, -0.05) is 41.4 Å². The summed E-state index contributed by atoms with van der Waals surface area (Å²) < 4.78 is 5.53. The summed E-state index contributed by atoms with van der Waals surface area (Å²) in [7, 11) is 0. The Bertz CT molecular complexity index is 652. The number of para-hydroxylation sites is 1. The second kappa shape index (κ2) is 4.87. The highest BCUT2D eigenvalue weighted by atomic mass is 35.5. The second-order valence-corrected chi connectivity index (χ2v) is 5.23. The Morgan fingerprint density at radius 2 is 1.95 bits per heavy atom. The summed E-state index contributed by atoms with van der Waals surface area (Å²) in [6.07, 6.45) is 0. The number of ether oxygens (including phenoxy) is 1. The van der Waals surface area contributed by atoms with Crippen molar-refractivity contribution >= 4 is 29.0 Å². The average molecular weight is 293 g/mol. The van der Waals surface area contributed by atoms with E-state index in [4.69, 9.17) is 27.9 Å². The number of fused-ring (bicyclic) bond motifs is 1. The third kappa shape index (κ3) is 2.22. The van der Waals surface area contributed by atoms with Crippen LogP contribution in [0.5, 0.6) is 5.75 Å². The van der Waals surface area contributed by atoms with Gasteiger partial charge in [-0.2, -0.15) is 0 Å². The van der Waals surface area contributed by atoms with E-state index in [0.29, 0.717) is 22.2 Å². The number of carbonyl (C=O) groups excluding carboxylic acids is 1. The van der Waals surface area contributed by atoms with E-state index >= 15 is 0 Å². The van der Waals surface area contributed by atoms with Crippen LogP contribution in [0.3, 0.4) is 0 Å². The van der Waals surface area contributed by atoms with Gasteiger partial charge in [0.05, 0.1) is 10.9 Å². The van der Waals surface area contributed by atoms with Gasteiger partial charge in [0.2, 0.25) is 0 Å². The molecule has 0 amide bonds. The molecule has 2 aromatic rings. The number of hydrogen-bond donors (Lipinski definition) is 0. The van der Waals surface area contributed by atoms with Gasteiger partial charge in [0, 0.05) is 16.1 Å². The van der Waals surface area contributed by atoms with Crippen molar-refractivity contribution < 1.29 is 9.53 Å². The van der Waals surface area contributed by atoms with Crippen molar-refractivity contribution in [3.63, 3.8) is 0 Å². The molecule has 0 fully saturated rings. The Kier molecular flexibility index (Phi) is 3.21. The summed E-state index contributed by atoms with van der Waals surface area (Å²) in [4.78, 5) is 12.6. The Morgan fingerprint density at radius 3 is 2.79 bits per heavy atom. The normalized spacial score (nSPS) is 16.8. The van der Waals surface area contributed by atoms with Gasteiger partial charge in [-0.3, -0.25) is 4.79 Å². The van der Waals surface area contributed by atoms with Crippen molar-refractivity contribution in [1.82, 2.24) is 0 Å². The first-order chi connectivity index (χ1) is 9.16. The minimum Gasteiger partial charge on any atom is -0.492 e. The third-order valence-corrected chi connectivity index (χ3v) is 3.77. The molecule has 1 unspecified atom stereocenters. The van der Waals surface area contributed by atoms with E-state index in [9.17, 15) is 4.79 Å². The fourth-order valence-electron chi connectivity index (χ4n) is 2.25. The summed E-state index contributed by atoms with van der Waals surface area (Å²) in [6, 6.07) is 12.5. The van der Waals surface area contributed by atoms with Crippen molar-refractivity contribution in [3.05, 3.63) is 63.6 Å². The lowest BCUT2D eigenvalue weighted by Gasteiger charge is -2.09. The molecule has 0 spiro atoms. The maximum atomic E-state index is 12.6.